The summed E-state index contributed by atoms with van der Waals surface area (Å²) in [6.45, 7) is 4.27. The standard InChI is InChI=1S/C34H31N7O/c1-39-19-24-16-23(39)20-40(24)12-13-41-31-10-8-21(25-4-2-6-29-27(25)17-35-37-29)14-33(31)42-34-15-22(9-11-32(34)41)26-5-3-7-30-28(26)18-36-38-30/h2-11,14-15,17-18,23-24H,12-13,16,19-20H2,1H3,(H,35,37)(H,36,38)/t23-,24-/m1/s1. The molecule has 2 N–H and O–H groups in total. The number of nitrogens with zero attached hydrogens (tertiary/aromatic N) is 5. The molecule has 42 heavy (non-hydrogen) atoms. The summed E-state index contributed by atoms with van der Waals surface area (Å²) >= 11 is 0. The first-order valence-electron chi connectivity index (χ1n) is 14.7. The SMILES string of the molecule is CN1C[C@H]2C[C@@H]1CN2CCN1c2ccc(-c3cccc4[nH]ncc34)cc2Oc2cc(-c3cccc4[nH]ncc34)ccc21. The molecule has 2 fully saturated rings. The summed E-state index contributed by atoms with van der Waals surface area (Å²) in [6, 6.07) is 27.1. The fourth-order valence-corrected chi connectivity index (χ4v) is 7.35. The van der Waals surface area contributed by atoms with E-state index in [0.29, 0.717) is 12.1 Å². The van der Waals surface area contributed by atoms with Gasteiger partial charge in [0.15, 0.2) is 11.5 Å². The Morgan fingerprint density at radius 1 is 0.738 bits per heavy atom. The molecule has 0 unspecified atom stereocenters. The van der Waals surface area contributed by atoms with Crippen LogP contribution in [0.2, 0.25) is 0 Å². The predicted octanol–water partition coefficient (Wildman–Crippen LogP) is 6.41. The average molecular weight is 554 g/mol. The third kappa shape index (κ3) is 3.69. The van der Waals surface area contributed by atoms with Crippen LogP contribution in [0.1, 0.15) is 6.42 Å². The largest absolute Gasteiger partial charge is 0.453 e. The van der Waals surface area contributed by atoms with Gasteiger partial charge in [0.2, 0.25) is 0 Å². The van der Waals surface area contributed by atoms with Crippen molar-refractivity contribution in [3.8, 4) is 33.8 Å². The third-order valence-corrected chi connectivity index (χ3v) is 9.55. The second kappa shape index (κ2) is 9.17. The van der Waals surface area contributed by atoms with E-state index < -0.39 is 0 Å². The zero-order valence-corrected chi connectivity index (χ0v) is 23.4. The van der Waals surface area contributed by atoms with E-state index in [9.17, 15) is 0 Å². The minimum absolute atomic E-state index is 0.663. The quantitative estimate of drug-likeness (QED) is 0.257. The highest BCUT2D eigenvalue weighted by Gasteiger charge is 2.41. The summed E-state index contributed by atoms with van der Waals surface area (Å²) in [7, 11) is 2.26. The number of rotatable bonds is 5. The molecule has 0 aliphatic carbocycles. The molecule has 2 saturated heterocycles. The monoisotopic (exact) mass is 553 g/mol. The van der Waals surface area contributed by atoms with Gasteiger partial charge in [0.1, 0.15) is 0 Å². The van der Waals surface area contributed by atoms with Crippen molar-refractivity contribution in [3.63, 3.8) is 0 Å². The van der Waals surface area contributed by atoms with Crippen LogP contribution in [0, 0.1) is 0 Å². The Morgan fingerprint density at radius 2 is 1.36 bits per heavy atom. The zero-order chi connectivity index (χ0) is 27.8. The number of anilines is 2. The van der Waals surface area contributed by atoms with Gasteiger partial charge in [-0.05, 0) is 72.1 Å². The summed E-state index contributed by atoms with van der Waals surface area (Å²) < 4.78 is 6.75. The van der Waals surface area contributed by atoms with Crippen LogP contribution < -0.4 is 9.64 Å². The normalized spacial score (nSPS) is 19.9. The molecule has 2 aromatic heterocycles. The molecular weight excluding hydrogens is 522 g/mol. The molecule has 4 aromatic carbocycles. The Morgan fingerprint density at radius 3 is 1.90 bits per heavy atom. The molecule has 6 aromatic rings. The number of ether oxygens (including phenoxy) is 1. The highest BCUT2D eigenvalue weighted by atomic mass is 16.5. The van der Waals surface area contributed by atoms with Crippen molar-refractivity contribution < 1.29 is 4.74 Å². The molecule has 0 amide bonds. The van der Waals surface area contributed by atoms with E-state index in [4.69, 9.17) is 4.74 Å². The lowest BCUT2D eigenvalue weighted by Crippen LogP contribution is -2.46. The minimum Gasteiger partial charge on any atom is -0.453 e. The highest BCUT2D eigenvalue weighted by Crippen LogP contribution is 2.49. The lowest BCUT2D eigenvalue weighted by Gasteiger charge is -2.37. The van der Waals surface area contributed by atoms with Crippen LogP contribution in [0.15, 0.2) is 85.2 Å². The second-order valence-corrected chi connectivity index (χ2v) is 11.9. The van der Waals surface area contributed by atoms with Crippen LogP contribution in [0.25, 0.3) is 44.1 Å². The lowest BCUT2D eigenvalue weighted by molar-refractivity contribution is 0.153. The van der Waals surface area contributed by atoms with Crippen LogP contribution in [-0.4, -0.2) is 75.5 Å². The lowest BCUT2D eigenvalue weighted by atomic mass is 9.99. The number of likely N-dealkylation sites (N-methyl/N-ethyl adjacent to an activating group) is 1. The molecule has 8 heteroatoms. The predicted molar refractivity (Wildman–Crippen MR) is 167 cm³/mol. The zero-order valence-electron chi connectivity index (χ0n) is 23.4. The number of piperazine rings is 1. The Labute approximate surface area is 243 Å². The number of fused-ring (bicyclic) bond motifs is 6. The molecule has 3 aliphatic rings. The molecule has 8 nitrogen and oxygen atoms in total. The molecule has 2 bridgehead atoms. The molecular formula is C34H31N7O. The molecule has 0 radical (unpaired) electrons. The average Bonchev–Trinajstić information content (AvgIpc) is 3.82. The van der Waals surface area contributed by atoms with Crippen LogP contribution in [0.3, 0.4) is 0 Å². The van der Waals surface area contributed by atoms with E-state index in [0.717, 1.165) is 86.6 Å². The number of H-pyrrole nitrogens is 2. The van der Waals surface area contributed by atoms with Crippen molar-refractivity contribution in [2.45, 2.75) is 18.5 Å². The van der Waals surface area contributed by atoms with Gasteiger partial charge < -0.3 is 14.5 Å². The van der Waals surface area contributed by atoms with E-state index in [1.54, 1.807) is 0 Å². The molecule has 2 atom stereocenters. The maximum absolute atomic E-state index is 6.75. The molecule has 0 saturated carbocycles. The van der Waals surface area contributed by atoms with Gasteiger partial charge in [-0.25, -0.2) is 0 Å². The van der Waals surface area contributed by atoms with E-state index in [2.05, 4.69) is 115 Å². The summed E-state index contributed by atoms with van der Waals surface area (Å²) in [5.74, 6) is 1.75. The summed E-state index contributed by atoms with van der Waals surface area (Å²) in [4.78, 5) is 7.65. The molecule has 0 spiro atoms. The fourth-order valence-electron chi connectivity index (χ4n) is 7.35. The first kappa shape index (κ1) is 24.0. The fraction of sp³-hybridized carbons (Fsp3) is 0.235. The van der Waals surface area contributed by atoms with Crippen molar-refractivity contribution in [3.05, 3.63) is 85.2 Å². The summed E-state index contributed by atoms with van der Waals surface area (Å²) in [5.41, 5.74) is 8.79. The molecule has 9 rings (SSSR count). The number of likely N-dealkylation sites (tertiary alicyclic amines) is 2. The Kier molecular flexibility index (Phi) is 5.24. The molecule has 5 heterocycles. The Hall–Kier alpha value is -4.66. The van der Waals surface area contributed by atoms with Gasteiger partial charge in [-0.15, -0.1) is 0 Å². The number of hydrogen-bond donors (Lipinski definition) is 2. The molecule has 208 valence electrons. The van der Waals surface area contributed by atoms with Gasteiger partial charge in [-0.1, -0.05) is 36.4 Å². The maximum Gasteiger partial charge on any atom is 0.151 e. The van der Waals surface area contributed by atoms with Gasteiger partial charge >= 0.3 is 0 Å². The summed E-state index contributed by atoms with van der Waals surface area (Å²) in [6.07, 6.45) is 5.09. The number of hydrogen-bond acceptors (Lipinski definition) is 6. The van der Waals surface area contributed by atoms with E-state index in [1.807, 2.05) is 12.4 Å². The minimum atomic E-state index is 0.663. The first-order valence-corrected chi connectivity index (χ1v) is 14.7. The Balaban J connectivity index is 1.12. The van der Waals surface area contributed by atoms with Gasteiger partial charge in [0.25, 0.3) is 0 Å². The molecule has 3 aliphatic heterocycles. The number of nitrogens with one attached hydrogen (secondary N) is 2. The summed E-state index contributed by atoms with van der Waals surface area (Å²) in [5, 5.41) is 17.0. The van der Waals surface area contributed by atoms with Crippen molar-refractivity contribution in [1.29, 1.82) is 0 Å². The number of aromatic amines is 2. The second-order valence-electron chi connectivity index (χ2n) is 11.9. The topological polar surface area (TPSA) is 76.3 Å². The maximum atomic E-state index is 6.75. The van der Waals surface area contributed by atoms with Crippen molar-refractivity contribution in [2.24, 2.45) is 0 Å². The number of benzene rings is 4. The van der Waals surface area contributed by atoms with E-state index >= 15 is 0 Å². The van der Waals surface area contributed by atoms with Crippen LogP contribution in [0.4, 0.5) is 11.4 Å². The number of aromatic nitrogens is 4. The van der Waals surface area contributed by atoms with Crippen molar-refractivity contribution >= 4 is 33.2 Å². The van der Waals surface area contributed by atoms with Crippen LogP contribution >= 0.6 is 0 Å². The van der Waals surface area contributed by atoms with Gasteiger partial charge in [0.05, 0.1) is 34.8 Å². The van der Waals surface area contributed by atoms with E-state index in [-0.39, 0.29) is 0 Å². The van der Waals surface area contributed by atoms with Crippen molar-refractivity contribution in [1.82, 2.24) is 30.2 Å². The highest BCUT2D eigenvalue weighted by molar-refractivity contribution is 5.97. The van der Waals surface area contributed by atoms with E-state index in [1.165, 1.54) is 13.0 Å². The van der Waals surface area contributed by atoms with Gasteiger partial charge in [-0.3, -0.25) is 15.1 Å². The third-order valence-electron chi connectivity index (χ3n) is 9.55. The smallest absolute Gasteiger partial charge is 0.151 e. The Bertz CT molecular complexity index is 1850. The van der Waals surface area contributed by atoms with Gasteiger partial charge in [-0.2, -0.15) is 10.2 Å². The van der Waals surface area contributed by atoms with Crippen molar-refractivity contribution in [2.75, 3.05) is 38.1 Å². The van der Waals surface area contributed by atoms with Crippen LogP contribution in [-0.2, 0) is 0 Å². The first-order chi connectivity index (χ1) is 20.7. The van der Waals surface area contributed by atoms with Gasteiger partial charge in [0, 0.05) is 49.0 Å². The van der Waals surface area contributed by atoms with Crippen LogP contribution in [0.5, 0.6) is 11.5 Å².